The zero-order chi connectivity index (χ0) is 12.8. The van der Waals surface area contributed by atoms with Crippen molar-refractivity contribution < 1.29 is 9.47 Å². The Labute approximate surface area is 116 Å². The van der Waals surface area contributed by atoms with Gasteiger partial charge in [0.25, 0.3) is 0 Å². The molecule has 4 bridgehead atoms. The van der Waals surface area contributed by atoms with Gasteiger partial charge in [-0.15, -0.1) is 0 Å². The summed E-state index contributed by atoms with van der Waals surface area (Å²) >= 11 is 0. The summed E-state index contributed by atoms with van der Waals surface area (Å²) in [5.74, 6) is 0. The van der Waals surface area contributed by atoms with Gasteiger partial charge in [-0.05, 0) is 33.0 Å². The standard InChI is InChI=1S/C18H12O2/c1-3-11-13-5-8-16(19-13)18(11)10-2-4-12-14-6-7-15(20-14)17(12)9(1)10/h1-8,13-16H. The average molecular weight is 260 g/mol. The summed E-state index contributed by atoms with van der Waals surface area (Å²) in [4.78, 5) is 0. The first-order valence-corrected chi connectivity index (χ1v) is 7.17. The van der Waals surface area contributed by atoms with Crippen LogP contribution in [0.5, 0.6) is 0 Å². The molecule has 0 saturated heterocycles. The summed E-state index contributed by atoms with van der Waals surface area (Å²) < 4.78 is 12.0. The van der Waals surface area contributed by atoms with Crippen molar-refractivity contribution in [3.8, 4) is 0 Å². The monoisotopic (exact) mass is 260 g/mol. The number of ether oxygens (including phenoxy) is 2. The highest BCUT2D eigenvalue weighted by Crippen LogP contribution is 2.53. The van der Waals surface area contributed by atoms with E-state index in [0.717, 1.165) is 0 Å². The molecule has 0 spiro atoms. The van der Waals surface area contributed by atoms with Gasteiger partial charge >= 0.3 is 0 Å². The fourth-order valence-electron chi connectivity index (χ4n) is 4.20. The minimum Gasteiger partial charge on any atom is -0.357 e. The molecule has 6 rings (SSSR count). The third kappa shape index (κ3) is 0.952. The molecule has 0 aliphatic carbocycles. The third-order valence-corrected chi connectivity index (χ3v) is 5.04. The Bertz CT molecular complexity index is 775. The molecule has 2 nitrogen and oxygen atoms in total. The van der Waals surface area contributed by atoms with Crippen LogP contribution in [0.1, 0.15) is 46.7 Å². The van der Waals surface area contributed by atoms with Crippen LogP contribution in [0.4, 0.5) is 0 Å². The Morgan fingerprint density at radius 1 is 0.550 bits per heavy atom. The molecule has 2 aromatic rings. The number of benzene rings is 2. The molecule has 0 amide bonds. The van der Waals surface area contributed by atoms with Crippen LogP contribution >= 0.6 is 0 Å². The van der Waals surface area contributed by atoms with Crippen molar-refractivity contribution in [3.05, 3.63) is 70.8 Å². The van der Waals surface area contributed by atoms with E-state index in [9.17, 15) is 0 Å². The zero-order valence-corrected chi connectivity index (χ0v) is 10.7. The lowest BCUT2D eigenvalue weighted by Crippen LogP contribution is -1.99. The molecule has 4 aliphatic heterocycles. The fraction of sp³-hybridized carbons (Fsp3) is 0.222. The van der Waals surface area contributed by atoms with Crippen molar-refractivity contribution in [1.82, 2.24) is 0 Å². The molecular formula is C18H12O2. The lowest BCUT2D eigenvalue weighted by atomic mass is 9.86. The van der Waals surface area contributed by atoms with Gasteiger partial charge in [-0.3, -0.25) is 0 Å². The maximum absolute atomic E-state index is 5.98. The Hall–Kier alpha value is -1.90. The van der Waals surface area contributed by atoms with Gasteiger partial charge in [0.15, 0.2) is 0 Å². The molecule has 0 aromatic heterocycles. The van der Waals surface area contributed by atoms with Crippen molar-refractivity contribution in [2.24, 2.45) is 0 Å². The van der Waals surface area contributed by atoms with Gasteiger partial charge in [0.05, 0.1) is 0 Å². The van der Waals surface area contributed by atoms with Crippen LogP contribution < -0.4 is 0 Å². The van der Waals surface area contributed by atoms with Gasteiger partial charge in [0.2, 0.25) is 0 Å². The first-order valence-electron chi connectivity index (χ1n) is 7.17. The zero-order valence-electron chi connectivity index (χ0n) is 10.7. The largest absolute Gasteiger partial charge is 0.357 e. The van der Waals surface area contributed by atoms with Gasteiger partial charge in [0.1, 0.15) is 24.4 Å². The molecule has 0 saturated carbocycles. The van der Waals surface area contributed by atoms with E-state index < -0.39 is 0 Å². The molecule has 4 aliphatic rings. The summed E-state index contributed by atoms with van der Waals surface area (Å²) in [6.07, 6.45) is 9.32. The van der Waals surface area contributed by atoms with Crippen LogP contribution in [0.25, 0.3) is 10.8 Å². The van der Waals surface area contributed by atoms with Crippen LogP contribution in [0.2, 0.25) is 0 Å². The second kappa shape index (κ2) is 3.05. The molecule has 0 radical (unpaired) electrons. The molecule has 4 atom stereocenters. The number of fused-ring (bicyclic) bond motifs is 13. The number of hydrogen-bond acceptors (Lipinski definition) is 2. The third-order valence-electron chi connectivity index (χ3n) is 5.04. The van der Waals surface area contributed by atoms with E-state index in [2.05, 4.69) is 48.6 Å². The van der Waals surface area contributed by atoms with E-state index in [-0.39, 0.29) is 24.4 Å². The summed E-state index contributed by atoms with van der Waals surface area (Å²) in [7, 11) is 0. The maximum atomic E-state index is 5.98. The normalized spacial score (nSPS) is 34.2. The van der Waals surface area contributed by atoms with Crippen LogP contribution in [0.3, 0.4) is 0 Å². The molecule has 96 valence electrons. The molecule has 4 heterocycles. The first kappa shape index (κ1) is 9.92. The van der Waals surface area contributed by atoms with Gasteiger partial charge < -0.3 is 9.47 Å². The van der Waals surface area contributed by atoms with E-state index >= 15 is 0 Å². The number of rotatable bonds is 0. The minimum absolute atomic E-state index is 0.145. The Morgan fingerprint density at radius 3 is 1.50 bits per heavy atom. The summed E-state index contributed by atoms with van der Waals surface area (Å²) in [6, 6.07) is 8.98. The molecular weight excluding hydrogens is 248 g/mol. The van der Waals surface area contributed by atoms with Gasteiger partial charge in [-0.1, -0.05) is 48.6 Å². The number of hydrogen-bond donors (Lipinski definition) is 0. The molecule has 0 fully saturated rings. The second-order valence-electron chi connectivity index (χ2n) is 5.96. The van der Waals surface area contributed by atoms with E-state index in [0.29, 0.717) is 0 Å². The highest BCUT2D eigenvalue weighted by molar-refractivity contribution is 5.93. The Balaban J connectivity index is 1.73. The maximum Gasteiger partial charge on any atom is 0.103 e. The highest BCUT2D eigenvalue weighted by Gasteiger charge is 2.38. The molecule has 20 heavy (non-hydrogen) atoms. The van der Waals surface area contributed by atoms with Gasteiger partial charge in [0, 0.05) is 0 Å². The van der Waals surface area contributed by atoms with E-state index in [1.165, 1.54) is 33.0 Å². The summed E-state index contributed by atoms with van der Waals surface area (Å²) in [5, 5.41) is 2.67. The van der Waals surface area contributed by atoms with Crippen LogP contribution in [0, 0.1) is 0 Å². The Kier molecular flexibility index (Phi) is 1.51. The van der Waals surface area contributed by atoms with E-state index in [1.54, 1.807) is 0 Å². The van der Waals surface area contributed by atoms with Crippen LogP contribution in [-0.2, 0) is 9.47 Å². The summed E-state index contributed by atoms with van der Waals surface area (Å²) in [6.45, 7) is 0. The van der Waals surface area contributed by atoms with Gasteiger partial charge in [-0.2, -0.15) is 0 Å². The molecule has 2 heteroatoms. The van der Waals surface area contributed by atoms with Crippen molar-refractivity contribution >= 4 is 10.8 Å². The topological polar surface area (TPSA) is 18.5 Å². The van der Waals surface area contributed by atoms with Crippen LogP contribution in [0.15, 0.2) is 48.6 Å². The smallest absolute Gasteiger partial charge is 0.103 e. The average Bonchev–Trinajstić information content (AvgIpc) is 3.25. The van der Waals surface area contributed by atoms with E-state index in [4.69, 9.17) is 9.47 Å². The lowest BCUT2D eigenvalue weighted by molar-refractivity contribution is 0.0880. The predicted molar refractivity (Wildman–Crippen MR) is 75.4 cm³/mol. The van der Waals surface area contributed by atoms with Crippen molar-refractivity contribution in [2.45, 2.75) is 24.4 Å². The predicted octanol–water partition coefficient (Wildman–Crippen LogP) is 4.20. The quantitative estimate of drug-likeness (QED) is 0.661. The van der Waals surface area contributed by atoms with Crippen LogP contribution in [-0.4, -0.2) is 0 Å². The van der Waals surface area contributed by atoms with Gasteiger partial charge in [-0.25, -0.2) is 0 Å². The molecule has 2 aromatic carbocycles. The van der Waals surface area contributed by atoms with Crippen molar-refractivity contribution in [2.75, 3.05) is 0 Å². The van der Waals surface area contributed by atoms with Crippen molar-refractivity contribution in [3.63, 3.8) is 0 Å². The molecule has 0 N–H and O–H groups in total. The van der Waals surface area contributed by atoms with Crippen molar-refractivity contribution in [1.29, 1.82) is 0 Å². The first-order chi connectivity index (χ1) is 9.90. The Morgan fingerprint density at radius 2 is 1.00 bits per heavy atom. The second-order valence-corrected chi connectivity index (χ2v) is 5.96. The highest BCUT2D eigenvalue weighted by atomic mass is 16.5. The lowest BCUT2D eigenvalue weighted by Gasteiger charge is -2.16. The molecule has 4 unspecified atom stereocenters. The minimum atomic E-state index is 0.145. The fourth-order valence-corrected chi connectivity index (χ4v) is 4.20. The van der Waals surface area contributed by atoms with E-state index in [1.807, 2.05) is 0 Å². The summed E-state index contributed by atoms with van der Waals surface area (Å²) in [5.41, 5.74) is 5.41. The SMILES string of the molecule is C1=CC2OC1c1ccc3c4c(ccc3c12)C1C=CC4O1.